The van der Waals surface area contributed by atoms with E-state index in [0.29, 0.717) is 29.4 Å². The number of aromatic nitrogens is 6. The smallest absolute Gasteiger partial charge is 0.276 e. The Kier molecular flexibility index (Phi) is 5.14. The molecule has 0 unspecified atom stereocenters. The Hall–Kier alpha value is -2.98. The first-order chi connectivity index (χ1) is 12.3. The number of hydrogen-bond donors (Lipinski definition) is 3. The highest BCUT2D eigenvalue weighted by atomic mass is 35.5. The minimum atomic E-state index is -0.269. The second-order valence-electron chi connectivity index (χ2n) is 5.55. The topological polar surface area (TPSA) is 123 Å². The molecule has 3 N–H and O–H groups in total. The van der Waals surface area contributed by atoms with Gasteiger partial charge in [0.15, 0.2) is 5.69 Å². The number of H-pyrrole nitrogens is 1. The van der Waals surface area contributed by atoms with Crippen LogP contribution in [0.4, 0.5) is 5.69 Å². The van der Waals surface area contributed by atoms with Gasteiger partial charge >= 0.3 is 0 Å². The Morgan fingerprint density at radius 3 is 3.04 bits per heavy atom. The highest BCUT2D eigenvalue weighted by Crippen LogP contribution is 2.26. The predicted octanol–water partition coefficient (Wildman–Crippen LogP) is 0.714. The van der Waals surface area contributed by atoms with Crippen LogP contribution in [0.2, 0.25) is 0 Å². The number of carbonyl (C=O) groups excluding carboxylic acids is 1. The number of tetrazole rings is 1. The van der Waals surface area contributed by atoms with Crippen LogP contribution in [0.5, 0.6) is 5.75 Å². The van der Waals surface area contributed by atoms with Crippen LogP contribution in [0.25, 0.3) is 5.69 Å². The lowest BCUT2D eigenvalue weighted by molar-refractivity contribution is 0.102. The monoisotopic (exact) mass is 376 g/mol. The quantitative estimate of drug-likeness (QED) is 0.612. The third-order valence-corrected chi connectivity index (χ3v) is 4.05. The SMILES string of the molecule is COc1ccc(NC(=O)c2n[nH]c3c2CNCC3)cc1-n1cnnn1.Cl. The Bertz CT molecular complexity index is 909. The maximum Gasteiger partial charge on any atom is 0.276 e. The molecule has 3 aromatic rings. The minimum Gasteiger partial charge on any atom is -0.494 e. The number of carbonyl (C=O) groups is 1. The van der Waals surface area contributed by atoms with Gasteiger partial charge < -0.3 is 15.4 Å². The zero-order valence-corrected chi connectivity index (χ0v) is 14.7. The summed E-state index contributed by atoms with van der Waals surface area (Å²) in [6.07, 6.45) is 2.29. The number of hydrogen-bond acceptors (Lipinski definition) is 7. The molecular formula is C15H17ClN8O2. The largest absolute Gasteiger partial charge is 0.494 e. The van der Waals surface area contributed by atoms with E-state index in [0.717, 1.165) is 24.2 Å². The summed E-state index contributed by atoms with van der Waals surface area (Å²) in [7, 11) is 1.56. The van der Waals surface area contributed by atoms with Crippen molar-refractivity contribution in [3.05, 3.63) is 41.5 Å². The first kappa shape index (κ1) is 17.8. The van der Waals surface area contributed by atoms with Crippen molar-refractivity contribution in [2.24, 2.45) is 0 Å². The van der Waals surface area contributed by atoms with E-state index < -0.39 is 0 Å². The van der Waals surface area contributed by atoms with E-state index in [1.54, 1.807) is 25.3 Å². The fourth-order valence-electron chi connectivity index (χ4n) is 2.82. The Morgan fingerprint density at radius 1 is 1.38 bits per heavy atom. The molecule has 1 amide bonds. The summed E-state index contributed by atoms with van der Waals surface area (Å²) >= 11 is 0. The van der Waals surface area contributed by atoms with E-state index >= 15 is 0 Å². The Morgan fingerprint density at radius 2 is 2.27 bits per heavy atom. The van der Waals surface area contributed by atoms with Crippen LogP contribution >= 0.6 is 12.4 Å². The van der Waals surface area contributed by atoms with Crippen molar-refractivity contribution in [3.8, 4) is 11.4 Å². The van der Waals surface area contributed by atoms with Gasteiger partial charge in [-0.1, -0.05) is 0 Å². The highest BCUT2D eigenvalue weighted by molar-refractivity contribution is 6.04. The molecule has 1 aromatic carbocycles. The van der Waals surface area contributed by atoms with Gasteiger partial charge in [0, 0.05) is 36.5 Å². The molecule has 1 aliphatic rings. The number of anilines is 1. The van der Waals surface area contributed by atoms with E-state index in [-0.39, 0.29) is 18.3 Å². The third kappa shape index (κ3) is 3.24. The normalized spacial score (nSPS) is 12.8. The van der Waals surface area contributed by atoms with Gasteiger partial charge in [-0.3, -0.25) is 9.89 Å². The number of methoxy groups -OCH3 is 1. The van der Waals surface area contributed by atoms with E-state index in [4.69, 9.17) is 4.74 Å². The van der Waals surface area contributed by atoms with Crippen LogP contribution in [-0.2, 0) is 13.0 Å². The molecule has 26 heavy (non-hydrogen) atoms. The molecule has 0 saturated carbocycles. The number of fused-ring (bicyclic) bond motifs is 1. The second kappa shape index (κ2) is 7.50. The predicted molar refractivity (Wildman–Crippen MR) is 94.9 cm³/mol. The summed E-state index contributed by atoms with van der Waals surface area (Å²) in [5.74, 6) is 0.320. The fraction of sp³-hybridized carbons (Fsp3) is 0.267. The number of benzene rings is 1. The molecule has 0 bridgehead atoms. The van der Waals surface area contributed by atoms with E-state index in [2.05, 4.69) is 36.4 Å². The molecule has 0 atom stereocenters. The van der Waals surface area contributed by atoms with Crippen molar-refractivity contribution in [3.63, 3.8) is 0 Å². The van der Waals surface area contributed by atoms with Crippen molar-refractivity contribution in [2.45, 2.75) is 13.0 Å². The summed E-state index contributed by atoms with van der Waals surface area (Å²) in [4.78, 5) is 12.6. The average molecular weight is 377 g/mol. The van der Waals surface area contributed by atoms with Crippen LogP contribution in [-0.4, -0.2) is 50.0 Å². The lowest BCUT2D eigenvalue weighted by atomic mass is 10.1. The van der Waals surface area contributed by atoms with Gasteiger partial charge in [-0.2, -0.15) is 9.78 Å². The lowest BCUT2D eigenvalue weighted by Gasteiger charge is -2.13. The standard InChI is InChI=1S/C15H16N8O2.ClH/c1-25-13-3-2-9(6-12(13)23-8-17-21-22-23)18-15(24)14-10-7-16-5-4-11(10)19-20-14;/h2-3,6,8,16H,4-5,7H2,1H3,(H,18,24)(H,19,20);1H. The van der Waals surface area contributed by atoms with Crippen molar-refractivity contribution in [2.75, 3.05) is 19.0 Å². The third-order valence-electron chi connectivity index (χ3n) is 4.05. The fourth-order valence-corrected chi connectivity index (χ4v) is 2.82. The van der Waals surface area contributed by atoms with Crippen LogP contribution in [0.15, 0.2) is 24.5 Å². The van der Waals surface area contributed by atoms with Crippen LogP contribution in [0, 0.1) is 0 Å². The molecule has 136 valence electrons. The maximum atomic E-state index is 12.6. The van der Waals surface area contributed by atoms with Crippen LogP contribution in [0.3, 0.4) is 0 Å². The molecule has 11 heteroatoms. The molecule has 0 aliphatic carbocycles. The summed E-state index contributed by atoms with van der Waals surface area (Å²) in [5, 5.41) is 24.3. The van der Waals surface area contributed by atoms with Crippen LogP contribution < -0.4 is 15.4 Å². The average Bonchev–Trinajstić information content (AvgIpc) is 3.31. The van der Waals surface area contributed by atoms with Crippen molar-refractivity contribution < 1.29 is 9.53 Å². The maximum absolute atomic E-state index is 12.6. The van der Waals surface area contributed by atoms with E-state index in [9.17, 15) is 4.79 Å². The van der Waals surface area contributed by atoms with Gasteiger partial charge in [0.2, 0.25) is 0 Å². The molecule has 10 nitrogen and oxygen atoms in total. The first-order valence-corrected chi connectivity index (χ1v) is 7.76. The molecule has 4 rings (SSSR count). The number of rotatable bonds is 4. The van der Waals surface area contributed by atoms with Crippen molar-refractivity contribution in [1.29, 1.82) is 0 Å². The minimum absolute atomic E-state index is 0. The van der Waals surface area contributed by atoms with Crippen LogP contribution in [0.1, 0.15) is 21.7 Å². The number of halogens is 1. The van der Waals surface area contributed by atoms with Gasteiger partial charge in [-0.05, 0) is 28.6 Å². The number of aromatic amines is 1. The van der Waals surface area contributed by atoms with Gasteiger partial charge in [-0.15, -0.1) is 17.5 Å². The second-order valence-corrected chi connectivity index (χ2v) is 5.55. The number of ether oxygens (including phenoxy) is 1. The molecule has 2 aromatic heterocycles. The highest BCUT2D eigenvalue weighted by Gasteiger charge is 2.22. The van der Waals surface area contributed by atoms with E-state index in [1.807, 2.05) is 0 Å². The summed E-state index contributed by atoms with van der Waals surface area (Å²) in [6.45, 7) is 1.51. The van der Waals surface area contributed by atoms with Crippen molar-refractivity contribution in [1.82, 2.24) is 35.7 Å². The van der Waals surface area contributed by atoms with Gasteiger partial charge in [0.05, 0.1) is 7.11 Å². The summed E-state index contributed by atoms with van der Waals surface area (Å²) in [5.41, 5.74) is 3.54. The Labute approximate surface area is 154 Å². The van der Waals surface area contributed by atoms with Gasteiger partial charge in [0.25, 0.3) is 5.91 Å². The summed E-state index contributed by atoms with van der Waals surface area (Å²) in [6, 6.07) is 5.24. The number of nitrogens with one attached hydrogen (secondary N) is 3. The van der Waals surface area contributed by atoms with Crippen molar-refractivity contribution >= 4 is 24.0 Å². The molecule has 1 aliphatic heterocycles. The molecular weight excluding hydrogens is 360 g/mol. The summed E-state index contributed by atoms with van der Waals surface area (Å²) < 4.78 is 6.79. The number of nitrogens with zero attached hydrogens (tertiary/aromatic N) is 5. The van der Waals surface area contributed by atoms with Gasteiger partial charge in [-0.25, -0.2) is 0 Å². The molecule has 0 spiro atoms. The molecule has 0 saturated heterocycles. The first-order valence-electron chi connectivity index (χ1n) is 7.76. The Balaban J connectivity index is 0.00000196. The van der Waals surface area contributed by atoms with Gasteiger partial charge in [0.1, 0.15) is 17.8 Å². The zero-order valence-electron chi connectivity index (χ0n) is 13.9. The zero-order chi connectivity index (χ0) is 17.2. The lowest BCUT2D eigenvalue weighted by Crippen LogP contribution is -2.25. The molecule has 0 fully saturated rings. The van der Waals surface area contributed by atoms with E-state index in [1.165, 1.54) is 11.0 Å². The number of amides is 1. The molecule has 0 radical (unpaired) electrons. The molecule has 3 heterocycles.